The molecule has 16 heavy (non-hydrogen) atoms. The highest BCUT2D eigenvalue weighted by atomic mass is 16.5. The molecule has 0 spiro atoms. The molecule has 4 N–H and O–H groups in total. The van der Waals surface area contributed by atoms with Crippen LogP contribution in [0, 0.1) is 0 Å². The summed E-state index contributed by atoms with van der Waals surface area (Å²) < 4.78 is 5.51. The molecule has 0 aliphatic heterocycles. The first-order valence-electron chi connectivity index (χ1n) is 5.40. The van der Waals surface area contributed by atoms with E-state index in [1.165, 1.54) is 0 Å². The first-order chi connectivity index (χ1) is 7.77. The highest BCUT2D eigenvalue weighted by molar-refractivity contribution is 5.13. The van der Waals surface area contributed by atoms with Crippen molar-refractivity contribution in [1.82, 2.24) is 0 Å². The maximum absolute atomic E-state index is 9.11. The second kappa shape index (κ2) is 7.35. The van der Waals surface area contributed by atoms with Gasteiger partial charge in [0.15, 0.2) is 0 Å². The molecule has 0 radical (unpaired) electrons. The lowest BCUT2D eigenvalue weighted by Gasteiger charge is -2.21. The standard InChI is InChI=1S/C12H19NO3/c13-11(6-7-14)12(8-15)16-9-10-4-2-1-3-5-10/h1-5,11-12,14-15H,6-9,13H2. The van der Waals surface area contributed by atoms with E-state index in [1.54, 1.807) is 0 Å². The molecule has 0 aliphatic rings. The summed E-state index contributed by atoms with van der Waals surface area (Å²) in [6, 6.07) is 9.36. The molecule has 4 nitrogen and oxygen atoms in total. The third-order valence-corrected chi connectivity index (χ3v) is 2.43. The van der Waals surface area contributed by atoms with E-state index >= 15 is 0 Å². The number of aliphatic hydroxyl groups excluding tert-OH is 2. The largest absolute Gasteiger partial charge is 0.396 e. The van der Waals surface area contributed by atoms with Gasteiger partial charge in [-0.3, -0.25) is 0 Å². The Bertz CT molecular complexity index is 279. The van der Waals surface area contributed by atoms with Crippen molar-refractivity contribution in [3.63, 3.8) is 0 Å². The topological polar surface area (TPSA) is 75.7 Å². The van der Waals surface area contributed by atoms with E-state index in [9.17, 15) is 0 Å². The third kappa shape index (κ3) is 4.28. The van der Waals surface area contributed by atoms with Crippen LogP contribution < -0.4 is 5.73 Å². The van der Waals surface area contributed by atoms with Gasteiger partial charge in [-0.15, -0.1) is 0 Å². The fourth-order valence-corrected chi connectivity index (χ4v) is 1.42. The number of ether oxygens (including phenoxy) is 1. The van der Waals surface area contributed by atoms with Crippen LogP contribution in [0.1, 0.15) is 12.0 Å². The second-order valence-electron chi connectivity index (χ2n) is 3.69. The first kappa shape index (κ1) is 13.1. The summed E-state index contributed by atoms with van der Waals surface area (Å²) in [7, 11) is 0. The van der Waals surface area contributed by atoms with Crippen LogP contribution >= 0.6 is 0 Å². The van der Waals surface area contributed by atoms with Gasteiger partial charge >= 0.3 is 0 Å². The predicted octanol–water partition coefficient (Wildman–Crippen LogP) is 0.274. The van der Waals surface area contributed by atoms with E-state index < -0.39 is 6.10 Å². The van der Waals surface area contributed by atoms with E-state index in [-0.39, 0.29) is 19.3 Å². The fourth-order valence-electron chi connectivity index (χ4n) is 1.42. The normalized spacial score (nSPS) is 14.7. The van der Waals surface area contributed by atoms with Gasteiger partial charge < -0.3 is 20.7 Å². The van der Waals surface area contributed by atoms with Crippen molar-refractivity contribution in [3.8, 4) is 0 Å². The van der Waals surface area contributed by atoms with Gasteiger partial charge in [-0.2, -0.15) is 0 Å². The fraction of sp³-hybridized carbons (Fsp3) is 0.500. The summed E-state index contributed by atoms with van der Waals surface area (Å²) in [6.45, 7) is 0.297. The summed E-state index contributed by atoms with van der Waals surface area (Å²) in [6.07, 6.45) is 0.00683. The van der Waals surface area contributed by atoms with Crippen molar-refractivity contribution in [2.24, 2.45) is 5.73 Å². The molecule has 0 heterocycles. The summed E-state index contributed by atoms with van der Waals surface area (Å²) in [5.41, 5.74) is 6.80. The highest BCUT2D eigenvalue weighted by Gasteiger charge is 2.16. The SMILES string of the molecule is NC(CCO)C(CO)OCc1ccccc1. The highest BCUT2D eigenvalue weighted by Crippen LogP contribution is 2.06. The van der Waals surface area contributed by atoms with Crippen molar-refractivity contribution < 1.29 is 14.9 Å². The third-order valence-electron chi connectivity index (χ3n) is 2.43. The van der Waals surface area contributed by atoms with Crippen LogP contribution in [-0.4, -0.2) is 35.6 Å². The average molecular weight is 225 g/mol. The molecule has 0 amide bonds. The number of benzene rings is 1. The van der Waals surface area contributed by atoms with Crippen LogP contribution in [-0.2, 0) is 11.3 Å². The van der Waals surface area contributed by atoms with E-state index in [4.69, 9.17) is 20.7 Å². The minimum atomic E-state index is -0.424. The quantitative estimate of drug-likeness (QED) is 0.623. The molecule has 0 aromatic heterocycles. The first-order valence-corrected chi connectivity index (χ1v) is 5.40. The molecule has 0 saturated carbocycles. The zero-order valence-electron chi connectivity index (χ0n) is 9.25. The van der Waals surface area contributed by atoms with Crippen molar-refractivity contribution in [2.75, 3.05) is 13.2 Å². The lowest BCUT2D eigenvalue weighted by molar-refractivity contribution is -0.0162. The number of rotatable bonds is 7. The van der Waals surface area contributed by atoms with Crippen LogP contribution in [0.4, 0.5) is 0 Å². The van der Waals surface area contributed by atoms with E-state index in [0.717, 1.165) is 5.56 Å². The Morgan fingerprint density at radius 3 is 2.44 bits per heavy atom. The smallest absolute Gasteiger partial charge is 0.0961 e. The summed E-state index contributed by atoms with van der Waals surface area (Å²) >= 11 is 0. The van der Waals surface area contributed by atoms with E-state index in [2.05, 4.69) is 0 Å². The molecule has 4 heteroatoms. The molecule has 0 fully saturated rings. The predicted molar refractivity (Wildman–Crippen MR) is 61.8 cm³/mol. The molecule has 1 aromatic rings. The lowest BCUT2D eigenvalue weighted by Crippen LogP contribution is -2.40. The van der Waals surface area contributed by atoms with Crippen LogP contribution in [0.25, 0.3) is 0 Å². The molecule has 2 unspecified atom stereocenters. The zero-order valence-corrected chi connectivity index (χ0v) is 9.25. The van der Waals surface area contributed by atoms with Gasteiger partial charge in [0.2, 0.25) is 0 Å². The van der Waals surface area contributed by atoms with Crippen molar-refractivity contribution in [3.05, 3.63) is 35.9 Å². The molecular weight excluding hydrogens is 206 g/mol. The molecule has 0 aliphatic carbocycles. The average Bonchev–Trinajstić information content (AvgIpc) is 2.31. The Balaban J connectivity index is 2.39. The summed E-state index contributed by atoms with van der Waals surface area (Å²) in [5.74, 6) is 0. The minimum absolute atomic E-state index is 0.00631. The second-order valence-corrected chi connectivity index (χ2v) is 3.69. The minimum Gasteiger partial charge on any atom is -0.396 e. The maximum Gasteiger partial charge on any atom is 0.0961 e. The van der Waals surface area contributed by atoms with Crippen LogP contribution in [0.2, 0.25) is 0 Å². The Kier molecular flexibility index (Phi) is 6.03. The van der Waals surface area contributed by atoms with Gasteiger partial charge in [0, 0.05) is 12.6 Å². The number of aliphatic hydroxyl groups is 2. The molecule has 1 aromatic carbocycles. The zero-order chi connectivity index (χ0) is 11.8. The Hall–Kier alpha value is -0.940. The van der Waals surface area contributed by atoms with Crippen molar-refractivity contribution in [1.29, 1.82) is 0 Å². The molecular formula is C12H19NO3. The number of nitrogens with two attached hydrogens (primary N) is 1. The summed E-state index contributed by atoms with van der Waals surface area (Å²) in [4.78, 5) is 0. The molecule has 0 saturated heterocycles. The van der Waals surface area contributed by atoms with Gasteiger partial charge in [0.1, 0.15) is 0 Å². The number of hydrogen-bond donors (Lipinski definition) is 3. The Labute approximate surface area is 95.7 Å². The van der Waals surface area contributed by atoms with Crippen LogP contribution in [0.5, 0.6) is 0 Å². The maximum atomic E-state index is 9.11. The Morgan fingerprint density at radius 1 is 1.19 bits per heavy atom. The molecule has 1 rings (SSSR count). The molecule has 0 bridgehead atoms. The van der Waals surface area contributed by atoms with Crippen molar-refractivity contribution in [2.45, 2.75) is 25.2 Å². The number of hydrogen-bond acceptors (Lipinski definition) is 4. The Morgan fingerprint density at radius 2 is 1.88 bits per heavy atom. The van der Waals surface area contributed by atoms with Crippen molar-refractivity contribution >= 4 is 0 Å². The monoisotopic (exact) mass is 225 g/mol. The van der Waals surface area contributed by atoms with E-state index in [0.29, 0.717) is 13.0 Å². The summed E-state index contributed by atoms with van der Waals surface area (Å²) in [5, 5.41) is 17.9. The molecule has 90 valence electrons. The van der Waals surface area contributed by atoms with Crippen LogP contribution in [0.15, 0.2) is 30.3 Å². The van der Waals surface area contributed by atoms with Gasteiger partial charge in [-0.1, -0.05) is 30.3 Å². The molecule has 2 atom stereocenters. The van der Waals surface area contributed by atoms with Gasteiger partial charge in [-0.25, -0.2) is 0 Å². The van der Waals surface area contributed by atoms with Gasteiger partial charge in [0.05, 0.1) is 19.3 Å². The van der Waals surface area contributed by atoms with Gasteiger partial charge in [0.25, 0.3) is 0 Å². The van der Waals surface area contributed by atoms with Gasteiger partial charge in [-0.05, 0) is 12.0 Å². The van der Waals surface area contributed by atoms with E-state index in [1.807, 2.05) is 30.3 Å². The van der Waals surface area contributed by atoms with Crippen LogP contribution in [0.3, 0.4) is 0 Å². The lowest BCUT2D eigenvalue weighted by atomic mass is 10.1.